The van der Waals surface area contributed by atoms with Crippen molar-refractivity contribution < 1.29 is 10.2 Å². The van der Waals surface area contributed by atoms with Crippen molar-refractivity contribution in [1.82, 2.24) is 0 Å². The molecule has 1 aromatic heterocycles. The zero-order chi connectivity index (χ0) is 9.71. The second-order valence-corrected chi connectivity index (χ2v) is 5.29. The van der Waals surface area contributed by atoms with Crippen LogP contribution in [0.2, 0.25) is 0 Å². The third-order valence-corrected chi connectivity index (χ3v) is 4.53. The number of fused-ring (bicyclic) bond motifs is 2. The van der Waals surface area contributed by atoms with Crippen molar-refractivity contribution in [2.75, 3.05) is 0 Å². The Morgan fingerprint density at radius 2 is 1.79 bits per heavy atom. The Morgan fingerprint density at radius 1 is 0.929 bits per heavy atom. The summed E-state index contributed by atoms with van der Waals surface area (Å²) in [6.45, 7) is 0. The molecule has 3 rings (SSSR count). The second-order valence-electron chi connectivity index (χ2n) is 3.13. The van der Waals surface area contributed by atoms with Gasteiger partial charge in [-0.3, -0.25) is 0 Å². The SMILES string of the molecule is Oc1ccc2cc3c(O)ssc3cc12. The molecule has 0 saturated heterocycles. The van der Waals surface area contributed by atoms with E-state index in [4.69, 9.17) is 0 Å². The zero-order valence-corrected chi connectivity index (χ0v) is 8.65. The maximum atomic E-state index is 9.54. The fourth-order valence-corrected chi connectivity index (χ4v) is 3.67. The van der Waals surface area contributed by atoms with Crippen LogP contribution < -0.4 is 0 Å². The van der Waals surface area contributed by atoms with Crippen molar-refractivity contribution in [3.63, 3.8) is 0 Å². The van der Waals surface area contributed by atoms with Gasteiger partial charge in [-0.25, -0.2) is 0 Å². The molecule has 0 atom stereocenters. The third kappa shape index (κ3) is 0.951. The van der Waals surface area contributed by atoms with Crippen LogP contribution >= 0.6 is 20.7 Å². The quantitative estimate of drug-likeness (QED) is 0.571. The topological polar surface area (TPSA) is 40.5 Å². The predicted molar refractivity (Wildman–Crippen MR) is 60.5 cm³/mol. The van der Waals surface area contributed by atoms with Crippen molar-refractivity contribution in [3.8, 4) is 10.8 Å². The zero-order valence-electron chi connectivity index (χ0n) is 7.02. The van der Waals surface area contributed by atoms with E-state index in [0.29, 0.717) is 10.8 Å². The maximum absolute atomic E-state index is 9.54. The maximum Gasteiger partial charge on any atom is 0.190 e. The number of hydrogen-bond acceptors (Lipinski definition) is 4. The molecule has 0 aliphatic rings. The summed E-state index contributed by atoms with van der Waals surface area (Å²) >= 11 is 0. The van der Waals surface area contributed by atoms with Gasteiger partial charge in [-0.1, -0.05) is 16.4 Å². The van der Waals surface area contributed by atoms with Crippen LogP contribution in [0.3, 0.4) is 0 Å². The Bertz CT molecular complexity index is 565. The van der Waals surface area contributed by atoms with Gasteiger partial charge < -0.3 is 10.2 Å². The first-order valence-electron chi connectivity index (χ1n) is 4.09. The van der Waals surface area contributed by atoms with Gasteiger partial charge in [0.25, 0.3) is 0 Å². The molecule has 0 spiro atoms. The molecular formula is C10H6O2S2. The molecule has 0 saturated carbocycles. The van der Waals surface area contributed by atoms with Crippen LogP contribution in [0.4, 0.5) is 0 Å². The lowest BCUT2D eigenvalue weighted by Crippen LogP contribution is -1.66. The smallest absolute Gasteiger partial charge is 0.190 e. The molecule has 2 N–H and O–H groups in total. The Balaban J connectivity index is 2.56. The lowest BCUT2D eigenvalue weighted by Gasteiger charge is -1.93. The molecule has 0 aliphatic carbocycles. The van der Waals surface area contributed by atoms with E-state index in [1.165, 1.54) is 20.7 Å². The van der Waals surface area contributed by atoms with Crippen molar-refractivity contribution in [2.45, 2.75) is 0 Å². The number of hydrogen-bond donors (Lipinski definition) is 2. The fraction of sp³-hybridized carbons (Fsp3) is 0. The third-order valence-electron chi connectivity index (χ3n) is 2.29. The first-order valence-corrected chi connectivity index (χ1v) is 6.24. The van der Waals surface area contributed by atoms with Gasteiger partial charge in [0.05, 0.1) is 4.70 Å². The molecule has 0 aliphatic heterocycles. The van der Waals surface area contributed by atoms with Crippen LogP contribution in [0.25, 0.3) is 20.9 Å². The minimum atomic E-state index is 0.305. The number of aromatic hydroxyl groups is 2. The summed E-state index contributed by atoms with van der Waals surface area (Å²) in [6, 6.07) is 7.36. The Morgan fingerprint density at radius 3 is 2.64 bits per heavy atom. The van der Waals surface area contributed by atoms with E-state index >= 15 is 0 Å². The van der Waals surface area contributed by atoms with Crippen molar-refractivity contribution in [3.05, 3.63) is 24.3 Å². The predicted octanol–water partition coefficient (Wildman–Crippen LogP) is 3.53. The summed E-state index contributed by atoms with van der Waals surface area (Å²) in [5, 5.41) is 22.1. The van der Waals surface area contributed by atoms with Crippen LogP contribution in [0.15, 0.2) is 24.3 Å². The van der Waals surface area contributed by atoms with Gasteiger partial charge in [-0.15, -0.1) is 0 Å². The van der Waals surface area contributed by atoms with E-state index in [1.807, 2.05) is 18.2 Å². The van der Waals surface area contributed by atoms with Gasteiger partial charge in [0, 0.05) is 10.8 Å². The van der Waals surface area contributed by atoms with Gasteiger partial charge in [-0.05, 0) is 33.9 Å². The summed E-state index contributed by atoms with van der Waals surface area (Å²) in [6.07, 6.45) is 0. The molecule has 0 unspecified atom stereocenters. The first kappa shape index (κ1) is 8.08. The highest BCUT2D eigenvalue weighted by molar-refractivity contribution is 7.73. The molecule has 0 amide bonds. The summed E-state index contributed by atoms with van der Waals surface area (Å²) in [4.78, 5) is 0. The molecule has 0 fully saturated rings. The summed E-state index contributed by atoms with van der Waals surface area (Å²) in [5.74, 6) is 0.305. The second kappa shape index (κ2) is 2.62. The van der Waals surface area contributed by atoms with Gasteiger partial charge in [-0.2, -0.15) is 0 Å². The molecule has 4 heteroatoms. The van der Waals surface area contributed by atoms with Crippen LogP contribution in [0, 0.1) is 0 Å². The Kier molecular flexibility index (Phi) is 1.51. The van der Waals surface area contributed by atoms with E-state index in [-0.39, 0.29) is 0 Å². The summed E-state index contributed by atoms with van der Waals surface area (Å²) in [7, 11) is 2.87. The molecule has 0 radical (unpaired) electrons. The van der Waals surface area contributed by atoms with Crippen molar-refractivity contribution in [2.24, 2.45) is 0 Å². The van der Waals surface area contributed by atoms with Crippen LogP contribution in [0.1, 0.15) is 0 Å². The van der Waals surface area contributed by atoms with Crippen molar-refractivity contribution in [1.29, 1.82) is 0 Å². The average molecular weight is 222 g/mol. The molecule has 0 bridgehead atoms. The Hall–Kier alpha value is -1.26. The number of benzene rings is 1. The van der Waals surface area contributed by atoms with Gasteiger partial charge in [0.1, 0.15) is 5.75 Å². The van der Waals surface area contributed by atoms with E-state index in [0.717, 1.165) is 20.9 Å². The van der Waals surface area contributed by atoms with E-state index < -0.39 is 0 Å². The highest BCUT2D eigenvalue weighted by Gasteiger charge is 2.08. The van der Waals surface area contributed by atoms with Crippen LogP contribution in [0.5, 0.6) is 10.8 Å². The highest BCUT2D eigenvalue weighted by Crippen LogP contribution is 2.41. The number of rotatable bonds is 0. The molecular weight excluding hydrogens is 216 g/mol. The molecule has 3 aromatic rings. The molecule has 2 nitrogen and oxygen atoms in total. The van der Waals surface area contributed by atoms with Gasteiger partial charge in [0.2, 0.25) is 0 Å². The lowest BCUT2D eigenvalue weighted by atomic mass is 10.2. The van der Waals surface area contributed by atoms with Crippen molar-refractivity contribution >= 4 is 41.5 Å². The fourth-order valence-electron chi connectivity index (χ4n) is 1.58. The average Bonchev–Trinajstić information content (AvgIpc) is 2.71. The standard InChI is InChI=1S/C10H6O2S2/c11-8-2-1-5-3-7-9(4-6(5)8)13-14-10(7)12/h1-4,11-12H. The van der Waals surface area contributed by atoms with Crippen LogP contribution in [-0.4, -0.2) is 10.2 Å². The monoisotopic (exact) mass is 222 g/mol. The van der Waals surface area contributed by atoms with Gasteiger partial charge in [0.15, 0.2) is 5.06 Å². The van der Waals surface area contributed by atoms with E-state index in [2.05, 4.69) is 0 Å². The molecule has 14 heavy (non-hydrogen) atoms. The van der Waals surface area contributed by atoms with E-state index in [1.54, 1.807) is 6.07 Å². The molecule has 2 aromatic carbocycles. The molecule has 70 valence electrons. The minimum absolute atomic E-state index is 0.305. The van der Waals surface area contributed by atoms with Crippen LogP contribution in [-0.2, 0) is 0 Å². The summed E-state index contributed by atoms with van der Waals surface area (Å²) < 4.78 is 1.02. The Labute approximate surface area is 87.0 Å². The van der Waals surface area contributed by atoms with E-state index in [9.17, 15) is 10.2 Å². The van der Waals surface area contributed by atoms with Gasteiger partial charge >= 0.3 is 0 Å². The molecule has 1 heterocycles. The first-order chi connectivity index (χ1) is 6.75. The summed E-state index contributed by atoms with van der Waals surface area (Å²) in [5.41, 5.74) is 0. The normalized spacial score (nSPS) is 11.4. The minimum Gasteiger partial charge on any atom is -0.507 e. The lowest BCUT2D eigenvalue weighted by molar-refractivity contribution is 0.483. The highest BCUT2D eigenvalue weighted by atomic mass is 32.9. The largest absolute Gasteiger partial charge is 0.507 e.